The maximum Gasteiger partial charge on any atom is 0.353 e. The van der Waals surface area contributed by atoms with Gasteiger partial charge in [0.05, 0.1) is 4.92 Å². The summed E-state index contributed by atoms with van der Waals surface area (Å²) >= 11 is 0. The number of hydrogen-bond acceptors (Lipinski definition) is 7. The van der Waals surface area contributed by atoms with Crippen molar-refractivity contribution in [1.29, 1.82) is 0 Å². The number of anilines is 3. The molecule has 2 atom stereocenters. The van der Waals surface area contributed by atoms with Crippen LogP contribution in [0.4, 0.5) is 23.1 Å². The topological polar surface area (TPSA) is 97.1 Å². The molecule has 8 nitrogen and oxygen atoms in total. The highest BCUT2D eigenvalue weighted by Crippen LogP contribution is 2.54. The predicted octanol–water partition coefficient (Wildman–Crippen LogP) is 3.93. The van der Waals surface area contributed by atoms with Crippen LogP contribution in [0.2, 0.25) is 0 Å². The second-order valence-corrected chi connectivity index (χ2v) is 8.83. The highest BCUT2D eigenvalue weighted by molar-refractivity contribution is 5.74. The van der Waals surface area contributed by atoms with E-state index in [1.807, 2.05) is 6.07 Å². The molecule has 1 saturated heterocycles. The molecule has 2 aromatic heterocycles. The summed E-state index contributed by atoms with van der Waals surface area (Å²) in [6.07, 6.45) is 6.18. The van der Waals surface area contributed by atoms with Crippen molar-refractivity contribution < 1.29 is 4.92 Å². The first-order chi connectivity index (χ1) is 12.8. The molecule has 4 rings (SSSR count). The van der Waals surface area contributed by atoms with E-state index >= 15 is 0 Å². The van der Waals surface area contributed by atoms with Crippen LogP contribution in [0.3, 0.4) is 0 Å². The number of nitro groups is 1. The minimum absolute atomic E-state index is 0.0860. The number of nitrogens with one attached hydrogen (secondary N) is 1. The first-order valence-corrected chi connectivity index (χ1v) is 9.21. The summed E-state index contributed by atoms with van der Waals surface area (Å²) in [4.78, 5) is 26.3. The van der Waals surface area contributed by atoms with Gasteiger partial charge in [-0.1, -0.05) is 26.8 Å². The molecule has 8 heteroatoms. The number of pyridine rings is 1. The molecule has 1 aliphatic heterocycles. The van der Waals surface area contributed by atoms with E-state index < -0.39 is 4.92 Å². The molecule has 1 N–H and O–H groups in total. The third kappa shape index (κ3) is 3.31. The average Bonchev–Trinajstić information content (AvgIpc) is 2.84. The molecule has 3 heterocycles. The Hall–Kier alpha value is -2.77. The van der Waals surface area contributed by atoms with Crippen LogP contribution in [-0.4, -0.2) is 32.5 Å². The number of rotatable bonds is 4. The largest absolute Gasteiger partial charge is 0.353 e. The standard InChI is InChI=1S/C19H24N6O2/c1-18(2)8-13-9-19(3,10-18)11-24(13)17-15(25(26)27)16(21-12-22-17)23-14-6-4-5-7-20-14/h4-7,12-13H,8-11H2,1-3H3,(H,20,21,22,23). The van der Waals surface area contributed by atoms with Gasteiger partial charge in [0, 0.05) is 18.8 Å². The van der Waals surface area contributed by atoms with Crippen molar-refractivity contribution in [1.82, 2.24) is 15.0 Å². The molecule has 0 radical (unpaired) electrons. The Balaban J connectivity index is 1.73. The normalized spacial score (nSPS) is 26.0. The fourth-order valence-electron chi connectivity index (χ4n) is 5.10. The fraction of sp³-hybridized carbons (Fsp3) is 0.526. The first-order valence-electron chi connectivity index (χ1n) is 9.21. The Labute approximate surface area is 158 Å². The zero-order valence-corrected chi connectivity index (χ0v) is 15.8. The van der Waals surface area contributed by atoms with Gasteiger partial charge < -0.3 is 10.2 Å². The highest BCUT2D eigenvalue weighted by Gasteiger charge is 2.51. The molecule has 2 unspecified atom stereocenters. The van der Waals surface area contributed by atoms with Crippen LogP contribution in [-0.2, 0) is 0 Å². The van der Waals surface area contributed by atoms with Crippen molar-refractivity contribution in [2.75, 3.05) is 16.8 Å². The zero-order chi connectivity index (χ0) is 19.2. The van der Waals surface area contributed by atoms with Crippen molar-refractivity contribution >= 4 is 23.1 Å². The predicted molar refractivity (Wildman–Crippen MR) is 103 cm³/mol. The first kappa shape index (κ1) is 17.6. The Bertz CT molecular complexity index is 872. The van der Waals surface area contributed by atoms with Gasteiger partial charge in [-0.15, -0.1) is 0 Å². The Morgan fingerprint density at radius 3 is 2.74 bits per heavy atom. The van der Waals surface area contributed by atoms with E-state index in [0.717, 1.165) is 25.8 Å². The lowest BCUT2D eigenvalue weighted by atomic mass is 9.65. The Morgan fingerprint density at radius 1 is 1.22 bits per heavy atom. The van der Waals surface area contributed by atoms with Gasteiger partial charge in [0.15, 0.2) is 0 Å². The highest BCUT2D eigenvalue weighted by atomic mass is 16.6. The third-order valence-electron chi connectivity index (χ3n) is 5.58. The number of fused-ring (bicyclic) bond motifs is 2. The molecule has 2 fully saturated rings. The summed E-state index contributed by atoms with van der Waals surface area (Å²) in [5.41, 5.74) is 0.292. The second kappa shape index (κ2) is 6.14. The third-order valence-corrected chi connectivity index (χ3v) is 5.58. The average molecular weight is 368 g/mol. The van der Waals surface area contributed by atoms with Crippen LogP contribution < -0.4 is 10.2 Å². The molecular formula is C19H24N6O2. The molecule has 1 saturated carbocycles. The lowest BCUT2D eigenvalue weighted by molar-refractivity contribution is -0.383. The van der Waals surface area contributed by atoms with Crippen molar-refractivity contribution in [3.05, 3.63) is 40.8 Å². The van der Waals surface area contributed by atoms with Crippen LogP contribution in [0.15, 0.2) is 30.7 Å². The summed E-state index contributed by atoms with van der Waals surface area (Å²) in [7, 11) is 0. The van der Waals surface area contributed by atoms with Crippen molar-refractivity contribution in [2.45, 2.75) is 46.1 Å². The summed E-state index contributed by atoms with van der Waals surface area (Å²) in [6, 6.07) is 5.61. The monoisotopic (exact) mass is 368 g/mol. The van der Waals surface area contributed by atoms with Crippen molar-refractivity contribution in [2.24, 2.45) is 10.8 Å². The van der Waals surface area contributed by atoms with E-state index in [2.05, 4.69) is 45.9 Å². The van der Waals surface area contributed by atoms with Gasteiger partial charge in [0.25, 0.3) is 0 Å². The molecule has 27 heavy (non-hydrogen) atoms. The number of hydrogen-bond donors (Lipinski definition) is 1. The molecule has 2 aliphatic rings. The van der Waals surface area contributed by atoms with Gasteiger partial charge in [-0.3, -0.25) is 10.1 Å². The van der Waals surface area contributed by atoms with E-state index in [-0.39, 0.29) is 28.4 Å². The maximum absolute atomic E-state index is 11.9. The van der Waals surface area contributed by atoms with Gasteiger partial charge in [0.2, 0.25) is 11.6 Å². The summed E-state index contributed by atoms with van der Waals surface area (Å²) in [6.45, 7) is 7.62. The molecule has 0 spiro atoms. The molecule has 0 aromatic carbocycles. The Kier molecular flexibility index (Phi) is 4.01. The lowest BCUT2D eigenvalue weighted by Crippen LogP contribution is -2.35. The summed E-state index contributed by atoms with van der Waals surface area (Å²) in [5.74, 6) is 1.09. The van der Waals surface area contributed by atoms with Gasteiger partial charge in [-0.25, -0.2) is 15.0 Å². The SMILES string of the molecule is CC1(C)CC2CC(C)(CN2c2ncnc(Nc3ccccn3)c2[N+](=O)[O-])C1. The van der Waals surface area contributed by atoms with E-state index in [4.69, 9.17) is 0 Å². The smallest absolute Gasteiger partial charge is 0.347 e. The van der Waals surface area contributed by atoms with Crippen molar-refractivity contribution in [3.63, 3.8) is 0 Å². The minimum Gasteiger partial charge on any atom is -0.347 e. The quantitative estimate of drug-likeness (QED) is 0.645. The van der Waals surface area contributed by atoms with E-state index in [1.165, 1.54) is 6.33 Å². The van der Waals surface area contributed by atoms with Crippen LogP contribution in [0.5, 0.6) is 0 Å². The molecule has 1 aliphatic carbocycles. The molecule has 0 amide bonds. The van der Waals surface area contributed by atoms with Crippen LogP contribution in [0.1, 0.15) is 40.0 Å². The van der Waals surface area contributed by atoms with Gasteiger partial charge in [-0.05, 0) is 42.2 Å². The van der Waals surface area contributed by atoms with Crippen molar-refractivity contribution in [3.8, 4) is 0 Å². The van der Waals surface area contributed by atoms with Gasteiger partial charge >= 0.3 is 5.69 Å². The van der Waals surface area contributed by atoms with E-state index in [9.17, 15) is 10.1 Å². The molecular weight excluding hydrogens is 344 g/mol. The van der Waals surface area contributed by atoms with E-state index in [0.29, 0.717) is 11.6 Å². The maximum atomic E-state index is 11.9. The van der Waals surface area contributed by atoms with Crippen LogP contribution in [0.25, 0.3) is 0 Å². The van der Waals surface area contributed by atoms with Crippen LogP contribution >= 0.6 is 0 Å². The summed E-state index contributed by atoms with van der Waals surface area (Å²) < 4.78 is 0. The van der Waals surface area contributed by atoms with E-state index in [1.54, 1.807) is 18.3 Å². The van der Waals surface area contributed by atoms with Gasteiger partial charge in [0.1, 0.15) is 12.1 Å². The van der Waals surface area contributed by atoms with Gasteiger partial charge in [-0.2, -0.15) is 0 Å². The number of nitrogens with zero attached hydrogens (tertiary/aromatic N) is 5. The zero-order valence-electron chi connectivity index (χ0n) is 15.8. The summed E-state index contributed by atoms with van der Waals surface area (Å²) in [5, 5.41) is 14.9. The lowest BCUT2D eigenvalue weighted by Gasteiger charge is -2.39. The Morgan fingerprint density at radius 2 is 2.04 bits per heavy atom. The fourth-order valence-corrected chi connectivity index (χ4v) is 5.10. The second-order valence-electron chi connectivity index (χ2n) is 8.83. The molecule has 2 bridgehead atoms. The molecule has 2 aromatic rings. The molecule has 142 valence electrons. The minimum atomic E-state index is -0.392. The number of aromatic nitrogens is 3. The van der Waals surface area contributed by atoms with Crippen LogP contribution in [0, 0.1) is 20.9 Å².